The normalized spacial score (nSPS) is 29.8. The summed E-state index contributed by atoms with van der Waals surface area (Å²) in [6.07, 6.45) is 0.332. The van der Waals surface area contributed by atoms with Crippen LogP contribution in [0.25, 0.3) is 0 Å². The second-order valence-corrected chi connectivity index (χ2v) is 7.31. The van der Waals surface area contributed by atoms with Gasteiger partial charge in [0.25, 0.3) is 0 Å². The third-order valence-corrected chi connectivity index (χ3v) is 6.10. The standard InChI is InChI=1S/C20H14ClNO3/c21-13-7-3-4-8-14(13)22-19(24)17-12-9-15(23)16(18(17)20(22)25)11-6-2-1-5-10(11)12/h1-8,12,16-18H,9H2/t12-,16+,17+,18+/m0/s1. The number of halogens is 1. The van der Waals surface area contributed by atoms with Crippen molar-refractivity contribution in [2.45, 2.75) is 18.3 Å². The van der Waals surface area contributed by atoms with Crippen LogP contribution >= 0.6 is 11.6 Å². The van der Waals surface area contributed by atoms with Crippen LogP contribution in [0.3, 0.4) is 0 Å². The molecule has 124 valence electrons. The summed E-state index contributed by atoms with van der Waals surface area (Å²) < 4.78 is 0. The van der Waals surface area contributed by atoms with Crippen LogP contribution in [0.15, 0.2) is 48.5 Å². The van der Waals surface area contributed by atoms with Crippen LogP contribution in [0.5, 0.6) is 0 Å². The van der Waals surface area contributed by atoms with Crippen LogP contribution in [0.2, 0.25) is 5.02 Å². The minimum atomic E-state index is -0.607. The maximum Gasteiger partial charge on any atom is 0.238 e. The number of hydrogen-bond acceptors (Lipinski definition) is 3. The van der Waals surface area contributed by atoms with E-state index in [1.165, 1.54) is 4.90 Å². The number of para-hydroxylation sites is 1. The van der Waals surface area contributed by atoms with Gasteiger partial charge in [0.05, 0.1) is 28.5 Å². The summed E-state index contributed by atoms with van der Waals surface area (Å²) in [5.41, 5.74) is 2.35. The number of benzene rings is 2. The lowest BCUT2D eigenvalue weighted by atomic mass is 9.56. The first-order chi connectivity index (χ1) is 12.1. The number of Topliss-reactive ketones (excluding diaryl/α,β-unsaturated/α-hetero) is 1. The number of hydrogen-bond donors (Lipinski definition) is 0. The largest absolute Gasteiger partial charge is 0.299 e. The molecule has 0 aromatic heterocycles. The van der Waals surface area contributed by atoms with Crippen molar-refractivity contribution in [2.24, 2.45) is 11.8 Å². The van der Waals surface area contributed by atoms with Gasteiger partial charge in [-0.05, 0) is 23.3 Å². The Bertz CT molecular complexity index is 953. The van der Waals surface area contributed by atoms with Crippen LogP contribution in [0, 0.1) is 11.8 Å². The fourth-order valence-electron chi connectivity index (χ4n) is 4.83. The highest BCUT2D eigenvalue weighted by Crippen LogP contribution is 2.57. The van der Waals surface area contributed by atoms with Gasteiger partial charge in [0.1, 0.15) is 5.78 Å². The summed E-state index contributed by atoms with van der Waals surface area (Å²) in [5.74, 6) is -2.29. The number of nitrogens with zero attached hydrogens (tertiary/aromatic N) is 1. The lowest BCUT2D eigenvalue weighted by Gasteiger charge is -2.43. The molecule has 0 radical (unpaired) electrons. The summed E-state index contributed by atoms with van der Waals surface area (Å²) in [4.78, 5) is 40.1. The number of imide groups is 1. The Balaban J connectivity index is 1.68. The topological polar surface area (TPSA) is 54.5 Å². The Morgan fingerprint density at radius 3 is 2.24 bits per heavy atom. The highest BCUT2D eigenvalue weighted by atomic mass is 35.5. The van der Waals surface area contributed by atoms with Crippen LogP contribution in [-0.2, 0) is 14.4 Å². The molecule has 1 saturated heterocycles. The molecule has 2 fully saturated rings. The average Bonchev–Trinajstić information content (AvgIpc) is 2.88. The number of fused-ring (bicyclic) bond motifs is 1. The Morgan fingerprint density at radius 2 is 1.48 bits per heavy atom. The molecule has 6 rings (SSSR count). The minimum absolute atomic E-state index is 0.0621. The van der Waals surface area contributed by atoms with Gasteiger partial charge in [-0.25, -0.2) is 4.90 Å². The van der Waals surface area contributed by atoms with Crippen molar-refractivity contribution in [3.05, 3.63) is 64.7 Å². The molecule has 4 atom stereocenters. The van der Waals surface area contributed by atoms with Crippen molar-refractivity contribution >= 4 is 34.9 Å². The van der Waals surface area contributed by atoms with Gasteiger partial charge in [0.15, 0.2) is 0 Å². The Kier molecular flexibility index (Phi) is 2.98. The van der Waals surface area contributed by atoms with Crippen LogP contribution in [0.1, 0.15) is 29.4 Å². The van der Waals surface area contributed by atoms with Gasteiger partial charge in [-0.2, -0.15) is 0 Å². The molecule has 5 heteroatoms. The molecule has 2 bridgehead atoms. The van der Waals surface area contributed by atoms with Crippen molar-refractivity contribution in [3.8, 4) is 0 Å². The first-order valence-corrected chi connectivity index (χ1v) is 8.71. The van der Waals surface area contributed by atoms with Crippen molar-refractivity contribution in [3.63, 3.8) is 0 Å². The fraction of sp³-hybridized carbons (Fsp3) is 0.250. The molecule has 1 heterocycles. The molecule has 0 spiro atoms. The summed E-state index contributed by atoms with van der Waals surface area (Å²) in [7, 11) is 0. The molecule has 4 aliphatic rings. The number of carbonyl (C=O) groups is 3. The zero-order valence-corrected chi connectivity index (χ0v) is 13.9. The third kappa shape index (κ3) is 1.80. The van der Waals surface area contributed by atoms with Crippen LogP contribution < -0.4 is 4.90 Å². The Hall–Kier alpha value is -2.46. The Morgan fingerprint density at radius 1 is 0.840 bits per heavy atom. The lowest BCUT2D eigenvalue weighted by Crippen LogP contribution is -2.44. The van der Waals surface area contributed by atoms with Crippen LogP contribution in [-0.4, -0.2) is 17.6 Å². The van der Waals surface area contributed by atoms with Gasteiger partial charge in [-0.3, -0.25) is 14.4 Å². The molecule has 2 aromatic rings. The first-order valence-electron chi connectivity index (χ1n) is 8.33. The number of ketones is 1. The average molecular weight is 352 g/mol. The molecule has 0 unspecified atom stereocenters. The van der Waals surface area contributed by atoms with Gasteiger partial charge in [0.2, 0.25) is 11.8 Å². The van der Waals surface area contributed by atoms with Crippen molar-refractivity contribution in [1.29, 1.82) is 0 Å². The molecule has 0 N–H and O–H groups in total. The zero-order chi connectivity index (χ0) is 17.3. The quantitative estimate of drug-likeness (QED) is 0.741. The molecule has 2 amide bonds. The maximum absolute atomic E-state index is 13.1. The van der Waals surface area contributed by atoms with Crippen molar-refractivity contribution < 1.29 is 14.4 Å². The van der Waals surface area contributed by atoms with Gasteiger partial charge < -0.3 is 0 Å². The summed E-state index contributed by atoms with van der Waals surface area (Å²) in [5, 5.41) is 0.360. The second-order valence-electron chi connectivity index (χ2n) is 6.90. The molecular formula is C20H14ClNO3. The Labute approximate surface area is 149 Å². The number of anilines is 1. The first kappa shape index (κ1) is 14.8. The van der Waals surface area contributed by atoms with Gasteiger partial charge in [0, 0.05) is 12.3 Å². The van der Waals surface area contributed by atoms with Crippen molar-refractivity contribution in [1.82, 2.24) is 0 Å². The highest BCUT2D eigenvalue weighted by molar-refractivity contribution is 6.36. The van der Waals surface area contributed by atoms with Gasteiger partial charge >= 0.3 is 0 Å². The van der Waals surface area contributed by atoms with E-state index in [1.54, 1.807) is 24.3 Å². The van der Waals surface area contributed by atoms with Crippen LogP contribution in [0.4, 0.5) is 5.69 Å². The van der Waals surface area contributed by atoms with E-state index in [1.807, 2.05) is 24.3 Å². The van der Waals surface area contributed by atoms with Gasteiger partial charge in [-0.15, -0.1) is 0 Å². The second kappa shape index (κ2) is 5.02. The molecule has 1 saturated carbocycles. The van der Waals surface area contributed by atoms with Gasteiger partial charge in [-0.1, -0.05) is 48.0 Å². The highest BCUT2D eigenvalue weighted by Gasteiger charge is 2.62. The number of carbonyl (C=O) groups excluding carboxylic acids is 3. The molecule has 2 aromatic carbocycles. The molecule has 4 nitrogen and oxygen atoms in total. The maximum atomic E-state index is 13.1. The smallest absolute Gasteiger partial charge is 0.238 e. The lowest BCUT2D eigenvalue weighted by molar-refractivity contribution is -0.134. The summed E-state index contributed by atoms with van der Waals surface area (Å²) in [6, 6.07) is 14.5. The van der Waals surface area contributed by atoms with Crippen molar-refractivity contribution in [2.75, 3.05) is 4.90 Å². The van der Waals surface area contributed by atoms with E-state index in [0.29, 0.717) is 17.1 Å². The molecular weight excluding hydrogens is 338 g/mol. The SMILES string of the molecule is O=C1C[C@H]2c3ccccc3[C@H]1[C@H]1C(=O)N(c3ccccc3Cl)C(=O)[C@@H]12. The number of rotatable bonds is 1. The predicted molar refractivity (Wildman–Crippen MR) is 92.5 cm³/mol. The molecule has 1 aliphatic heterocycles. The fourth-order valence-corrected chi connectivity index (χ4v) is 5.05. The van der Waals surface area contributed by atoms with E-state index in [-0.39, 0.29) is 23.5 Å². The molecule has 3 aliphatic carbocycles. The summed E-state index contributed by atoms with van der Waals surface area (Å²) in [6.45, 7) is 0. The summed E-state index contributed by atoms with van der Waals surface area (Å²) >= 11 is 6.23. The third-order valence-electron chi connectivity index (χ3n) is 5.78. The minimum Gasteiger partial charge on any atom is -0.299 e. The predicted octanol–water partition coefficient (Wildman–Crippen LogP) is 3.30. The van der Waals surface area contributed by atoms with E-state index in [4.69, 9.17) is 11.6 Å². The van der Waals surface area contributed by atoms with E-state index >= 15 is 0 Å². The molecule has 25 heavy (non-hydrogen) atoms. The van der Waals surface area contributed by atoms with E-state index in [0.717, 1.165) is 11.1 Å². The van der Waals surface area contributed by atoms with E-state index in [9.17, 15) is 14.4 Å². The van der Waals surface area contributed by atoms with E-state index < -0.39 is 17.8 Å². The number of amides is 2. The van der Waals surface area contributed by atoms with E-state index in [2.05, 4.69) is 0 Å². The monoisotopic (exact) mass is 351 g/mol. The zero-order valence-electron chi connectivity index (χ0n) is 13.2.